The molecule has 168 valence electrons. The fourth-order valence-electron chi connectivity index (χ4n) is 3.66. The smallest absolute Gasteiger partial charge is 0.315 e. The molecule has 0 bridgehead atoms. The lowest BCUT2D eigenvalue weighted by molar-refractivity contribution is -0.137. The molecule has 1 aromatic heterocycles. The van der Waals surface area contributed by atoms with E-state index in [2.05, 4.69) is 41.1 Å². The Bertz CT molecular complexity index is 859. The summed E-state index contributed by atoms with van der Waals surface area (Å²) in [5.74, 6) is 2.51. The highest BCUT2D eigenvalue weighted by molar-refractivity contribution is 8.01. The summed E-state index contributed by atoms with van der Waals surface area (Å²) in [7, 11) is 1.40. The Balaban J connectivity index is 1.39. The monoisotopic (exact) mass is 478 g/mol. The van der Waals surface area contributed by atoms with Crippen LogP contribution < -0.4 is 0 Å². The lowest BCUT2D eigenvalue weighted by Gasteiger charge is -2.15. The predicted molar refractivity (Wildman–Crippen MR) is 133 cm³/mol. The number of rotatable bonds is 12. The van der Waals surface area contributed by atoms with E-state index in [1.807, 2.05) is 6.08 Å². The number of aliphatic hydroxyl groups excluding tert-OH is 1. The third-order valence-electron chi connectivity index (χ3n) is 5.35. The highest BCUT2D eigenvalue weighted by atomic mass is 32.2. The van der Waals surface area contributed by atoms with E-state index in [1.54, 1.807) is 34.9 Å². The number of thioether (sulfide) groups is 2. The number of hydrogen-bond donors (Lipinski definition) is 1. The molecule has 1 aromatic carbocycles. The zero-order chi connectivity index (χ0) is 22.1. The molecular formula is C24H30O4S3. The summed E-state index contributed by atoms with van der Waals surface area (Å²) in [6.07, 6.45) is 7.47. The number of carbonyl (C=O) groups is 2. The lowest BCUT2D eigenvalue weighted by Crippen LogP contribution is -2.17. The molecule has 1 aliphatic carbocycles. The average Bonchev–Trinajstić information content (AvgIpc) is 3.35. The number of ketones is 1. The second kappa shape index (κ2) is 12.7. The third-order valence-corrected chi connectivity index (χ3v) is 9.04. The molecule has 1 N–H and O–H groups in total. The molecule has 31 heavy (non-hydrogen) atoms. The van der Waals surface area contributed by atoms with Crippen molar-refractivity contribution in [3.63, 3.8) is 0 Å². The van der Waals surface area contributed by atoms with Crippen LogP contribution in [0, 0.1) is 5.92 Å². The van der Waals surface area contributed by atoms with E-state index in [9.17, 15) is 14.7 Å². The van der Waals surface area contributed by atoms with E-state index in [0.717, 1.165) is 30.8 Å². The summed E-state index contributed by atoms with van der Waals surface area (Å²) >= 11 is 5.08. The van der Waals surface area contributed by atoms with E-state index < -0.39 is 6.10 Å². The number of esters is 1. The largest absolute Gasteiger partial charge is 0.468 e. The van der Waals surface area contributed by atoms with Gasteiger partial charge in [0.2, 0.25) is 0 Å². The van der Waals surface area contributed by atoms with E-state index in [0.29, 0.717) is 24.4 Å². The van der Waals surface area contributed by atoms with Crippen molar-refractivity contribution in [2.24, 2.45) is 5.92 Å². The standard InChI is InChI=1S/C24H30O4S3/c1-28-23(27)16-29-13-4-14-30-24-17(8-12-21(24)26)7-9-19(25)10-11-20-15-18-5-2-3-6-22(18)31-20/h2-3,5-7,9,15,17,19,24-25H,4,8,10-14,16H2,1H3/b9-7+. The number of carbonyl (C=O) groups excluding carboxylic acids is 2. The second-order valence-electron chi connectivity index (χ2n) is 7.68. The Kier molecular flexibility index (Phi) is 9.96. The Hall–Kier alpha value is -1.28. The molecule has 0 aliphatic heterocycles. The van der Waals surface area contributed by atoms with E-state index in [-0.39, 0.29) is 17.1 Å². The molecule has 0 amide bonds. The van der Waals surface area contributed by atoms with Gasteiger partial charge in [0.05, 0.1) is 24.2 Å². The van der Waals surface area contributed by atoms with E-state index in [4.69, 9.17) is 0 Å². The highest BCUT2D eigenvalue weighted by Crippen LogP contribution is 2.34. The van der Waals surface area contributed by atoms with Crippen LogP contribution in [0.5, 0.6) is 0 Å². The van der Waals surface area contributed by atoms with Crippen LogP contribution >= 0.6 is 34.9 Å². The van der Waals surface area contributed by atoms with Gasteiger partial charge in [-0.3, -0.25) is 9.59 Å². The molecule has 3 atom stereocenters. The van der Waals surface area contributed by atoms with Crippen LogP contribution in [0.1, 0.15) is 30.6 Å². The maximum atomic E-state index is 12.3. The van der Waals surface area contributed by atoms with Crippen molar-refractivity contribution in [3.05, 3.63) is 47.4 Å². The van der Waals surface area contributed by atoms with Crippen LogP contribution in [0.2, 0.25) is 0 Å². The molecule has 0 spiro atoms. The minimum atomic E-state index is -0.485. The minimum Gasteiger partial charge on any atom is -0.468 e. The zero-order valence-corrected chi connectivity index (χ0v) is 20.3. The maximum Gasteiger partial charge on any atom is 0.315 e. The molecule has 2 aromatic rings. The van der Waals surface area contributed by atoms with Gasteiger partial charge in [0.1, 0.15) is 5.78 Å². The molecule has 1 aliphatic rings. The van der Waals surface area contributed by atoms with Crippen LogP contribution in [-0.2, 0) is 20.7 Å². The van der Waals surface area contributed by atoms with Crippen LogP contribution in [0.25, 0.3) is 10.1 Å². The summed E-state index contributed by atoms with van der Waals surface area (Å²) in [5, 5.41) is 11.7. The molecule has 4 nitrogen and oxygen atoms in total. The molecule has 1 heterocycles. The average molecular weight is 479 g/mol. The summed E-state index contributed by atoms with van der Waals surface area (Å²) in [6.45, 7) is 0. The molecule has 7 heteroatoms. The van der Waals surface area contributed by atoms with Crippen molar-refractivity contribution < 1.29 is 19.4 Å². The van der Waals surface area contributed by atoms with Crippen LogP contribution in [0.15, 0.2) is 42.5 Å². The predicted octanol–water partition coefficient (Wildman–Crippen LogP) is 5.13. The van der Waals surface area contributed by atoms with Gasteiger partial charge >= 0.3 is 5.97 Å². The Labute approximate surface area is 196 Å². The fourth-order valence-corrected chi connectivity index (χ4v) is 7.04. The minimum absolute atomic E-state index is 0.00310. The zero-order valence-electron chi connectivity index (χ0n) is 17.8. The second-order valence-corrected chi connectivity index (χ2v) is 11.2. The van der Waals surface area contributed by atoms with Gasteiger partial charge < -0.3 is 9.84 Å². The van der Waals surface area contributed by atoms with Gasteiger partial charge in [-0.15, -0.1) is 23.1 Å². The molecule has 0 saturated heterocycles. The van der Waals surface area contributed by atoms with Crippen molar-refractivity contribution >= 4 is 56.7 Å². The van der Waals surface area contributed by atoms with Crippen molar-refractivity contribution in [1.82, 2.24) is 0 Å². The summed E-state index contributed by atoms with van der Waals surface area (Å²) in [5.41, 5.74) is 0. The Morgan fingerprint density at radius 2 is 2.19 bits per heavy atom. The van der Waals surface area contributed by atoms with Gasteiger partial charge in [-0.05, 0) is 60.6 Å². The Morgan fingerprint density at radius 3 is 3.00 bits per heavy atom. The molecule has 1 saturated carbocycles. The van der Waals surface area contributed by atoms with E-state index in [1.165, 1.54) is 22.1 Å². The Morgan fingerprint density at radius 1 is 1.35 bits per heavy atom. The first-order chi connectivity index (χ1) is 15.1. The van der Waals surface area contributed by atoms with Crippen molar-refractivity contribution in [3.8, 4) is 0 Å². The topological polar surface area (TPSA) is 63.6 Å². The van der Waals surface area contributed by atoms with Gasteiger partial charge in [0.15, 0.2) is 0 Å². The number of hydrogen-bond acceptors (Lipinski definition) is 7. The number of methoxy groups -OCH3 is 1. The molecule has 1 fully saturated rings. The number of thiophene rings is 1. The normalized spacial score (nSPS) is 20.0. The number of allylic oxidation sites excluding steroid dienone is 1. The fraction of sp³-hybridized carbons (Fsp3) is 0.500. The molecule has 0 radical (unpaired) electrons. The van der Waals surface area contributed by atoms with Gasteiger partial charge in [-0.25, -0.2) is 0 Å². The van der Waals surface area contributed by atoms with Gasteiger partial charge in [-0.1, -0.05) is 30.4 Å². The summed E-state index contributed by atoms with van der Waals surface area (Å²) in [6, 6.07) is 10.6. The number of fused-ring (bicyclic) bond motifs is 1. The maximum absolute atomic E-state index is 12.3. The van der Waals surface area contributed by atoms with Gasteiger partial charge in [-0.2, -0.15) is 11.8 Å². The van der Waals surface area contributed by atoms with Crippen LogP contribution in [0.3, 0.4) is 0 Å². The van der Waals surface area contributed by atoms with Gasteiger partial charge in [0.25, 0.3) is 0 Å². The van der Waals surface area contributed by atoms with Crippen molar-refractivity contribution in [2.75, 3.05) is 24.4 Å². The van der Waals surface area contributed by atoms with Crippen LogP contribution in [-0.4, -0.2) is 52.6 Å². The third kappa shape index (κ3) is 7.67. The number of aliphatic hydroxyl groups is 1. The molecule has 3 unspecified atom stereocenters. The van der Waals surface area contributed by atoms with E-state index >= 15 is 0 Å². The number of benzene rings is 1. The van der Waals surface area contributed by atoms with Crippen LogP contribution in [0.4, 0.5) is 0 Å². The first kappa shape index (κ1) is 24.4. The lowest BCUT2D eigenvalue weighted by atomic mass is 10.0. The van der Waals surface area contributed by atoms with Crippen molar-refractivity contribution in [1.29, 1.82) is 0 Å². The summed E-state index contributed by atoms with van der Waals surface area (Å²) < 4.78 is 5.92. The first-order valence-electron chi connectivity index (χ1n) is 10.7. The summed E-state index contributed by atoms with van der Waals surface area (Å²) in [4.78, 5) is 24.7. The van der Waals surface area contributed by atoms with Crippen molar-refractivity contribution in [2.45, 2.75) is 43.5 Å². The van der Waals surface area contributed by atoms with Gasteiger partial charge in [0, 0.05) is 16.0 Å². The number of Topliss-reactive ketones (excluding diaryl/α,β-unsaturated/α-hetero) is 1. The molecule has 3 rings (SSSR count). The number of aryl methyl sites for hydroxylation is 1. The highest BCUT2D eigenvalue weighted by Gasteiger charge is 2.33. The molecular weight excluding hydrogens is 448 g/mol. The number of ether oxygens (including phenoxy) is 1. The first-order valence-corrected chi connectivity index (χ1v) is 13.7. The SMILES string of the molecule is COC(=O)CSCCCSC1C(=O)CCC1/C=C/C(O)CCc1cc2ccccc2s1. The quantitative estimate of drug-likeness (QED) is 0.259.